The molecule has 1 saturated heterocycles. The lowest BCUT2D eigenvalue weighted by Crippen LogP contribution is -2.16. The Hall–Kier alpha value is -1.88. The molecule has 0 amide bonds. The molecule has 0 aromatic carbocycles. The Morgan fingerprint density at radius 1 is 1.28 bits per heavy atom. The fraction of sp³-hybridized carbons (Fsp3) is 0.385. The van der Waals surface area contributed by atoms with E-state index < -0.39 is 0 Å². The molecule has 2 N–H and O–H groups in total. The van der Waals surface area contributed by atoms with Gasteiger partial charge in [0.05, 0.1) is 18.3 Å². The normalized spacial score (nSPS) is 20.8. The predicted molar refractivity (Wildman–Crippen MR) is 68.5 cm³/mol. The summed E-state index contributed by atoms with van der Waals surface area (Å²) in [6, 6.07) is 2.03. The third kappa shape index (κ3) is 1.37. The monoisotopic (exact) mass is 242 g/mol. The maximum absolute atomic E-state index is 5.58. The van der Waals surface area contributed by atoms with Gasteiger partial charge in [-0.2, -0.15) is 0 Å². The van der Waals surface area contributed by atoms with Gasteiger partial charge in [-0.25, -0.2) is 9.97 Å². The lowest BCUT2D eigenvalue weighted by Gasteiger charge is -2.21. The summed E-state index contributed by atoms with van der Waals surface area (Å²) in [5.41, 5.74) is 3.08. The van der Waals surface area contributed by atoms with Crippen LogP contribution in [0.3, 0.4) is 0 Å². The Balaban J connectivity index is 1.96. The zero-order valence-electron chi connectivity index (χ0n) is 9.94. The number of pyridine rings is 1. The highest BCUT2D eigenvalue weighted by molar-refractivity contribution is 6.04. The number of fused-ring (bicyclic) bond motifs is 3. The zero-order chi connectivity index (χ0) is 11.9. The lowest BCUT2D eigenvalue weighted by atomic mass is 9.95. The summed E-state index contributed by atoms with van der Waals surface area (Å²) in [6.07, 6.45) is 5.94. The first kappa shape index (κ1) is 10.1. The van der Waals surface area contributed by atoms with Gasteiger partial charge in [-0.1, -0.05) is 0 Å². The van der Waals surface area contributed by atoms with E-state index in [1.54, 1.807) is 0 Å². The molecule has 5 nitrogen and oxygen atoms in total. The van der Waals surface area contributed by atoms with Crippen LogP contribution in [0.15, 0.2) is 18.5 Å². The second kappa shape index (κ2) is 3.81. The number of nitrogens with zero attached hydrogens (tertiary/aromatic N) is 2. The quantitative estimate of drug-likeness (QED) is 0.688. The van der Waals surface area contributed by atoms with Crippen LogP contribution in [0.2, 0.25) is 0 Å². The average molecular weight is 242 g/mol. The van der Waals surface area contributed by atoms with E-state index in [4.69, 9.17) is 4.74 Å². The van der Waals surface area contributed by atoms with Gasteiger partial charge in [-0.05, 0) is 18.9 Å². The summed E-state index contributed by atoms with van der Waals surface area (Å²) in [7, 11) is 0. The van der Waals surface area contributed by atoms with Crippen LogP contribution in [0.4, 0.5) is 0 Å². The number of aromatic nitrogens is 4. The highest BCUT2D eigenvalue weighted by Crippen LogP contribution is 2.32. The van der Waals surface area contributed by atoms with Crippen molar-refractivity contribution in [3.8, 4) is 0 Å². The molecule has 0 spiro atoms. The van der Waals surface area contributed by atoms with Crippen molar-refractivity contribution in [3.63, 3.8) is 0 Å². The molecule has 4 heterocycles. The first-order valence-electron chi connectivity index (χ1n) is 6.31. The number of rotatable bonds is 1. The van der Waals surface area contributed by atoms with Crippen molar-refractivity contribution in [2.24, 2.45) is 0 Å². The van der Waals surface area contributed by atoms with Crippen LogP contribution in [0.5, 0.6) is 0 Å². The summed E-state index contributed by atoms with van der Waals surface area (Å²) < 4.78 is 5.58. The predicted octanol–water partition coefficient (Wildman–Crippen LogP) is 2.33. The van der Waals surface area contributed by atoms with Crippen molar-refractivity contribution in [3.05, 3.63) is 24.2 Å². The van der Waals surface area contributed by atoms with Gasteiger partial charge in [0.1, 0.15) is 0 Å². The number of ether oxygens (including phenoxy) is 1. The molecular formula is C13H14N4O. The fourth-order valence-corrected chi connectivity index (χ4v) is 2.82. The molecule has 1 aliphatic rings. The molecule has 1 fully saturated rings. The average Bonchev–Trinajstić information content (AvgIpc) is 3.05. The van der Waals surface area contributed by atoms with Gasteiger partial charge in [0.25, 0.3) is 0 Å². The van der Waals surface area contributed by atoms with Crippen molar-refractivity contribution >= 4 is 21.9 Å². The highest BCUT2D eigenvalue weighted by atomic mass is 16.5. The second-order valence-corrected chi connectivity index (χ2v) is 4.81. The Kier molecular flexibility index (Phi) is 2.14. The maximum atomic E-state index is 5.58. The molecule has 1 unspecified atom stereocenters. The van der Waals surface area contributed by atoms with Gasteiger partial charge >= 0.3 is 0 Å². The number of nitrogens with one attached hydrogen (secondary N) is 2. The minimum absolute atomic E-state index is 0.438. The number of hydrogen-bond donors (Lipinski definition) is 2. The summed E-state index contributed by atoms with van der Waals surface area (Å²) in [5, 5.41) is 8.82. The number of aromatic amines is 2. The Morgan fingerprint density at radius 2 is 2.28 bits per heavy atom. The Morgan fingerprint density at radius 3 is 3.17 bits per heavy atom. The van der Waals surface area contributed by atoms with Crippen molar-refractivity contribution in [1.29, 1.82) is 0 Å². The zero-order valence-corrected chi connectivity index (χ0v) is 9.94. The van der Waals surface area contributed by atoms with E-state index in [0.717, 1.165) is 36.2 Å². The second-order valence-electron chi connectivity index (χ2n) is 4.81. The van der Waals surface area contributed by atoms with Crippen LogP contribution < -0.4 is 0 Å². The Bertz CT molecular complexity index is 693. The topological polar surface area (TPSA) is 66.6 Å². The van der Waals surface area contributed by atoms with E-state index in [9.17, 15) is 0 Å². The molecule has 0 saturated carbocycles. The Labute approximate surface area is 104 Å². The van der Waals surface area contributed by atoms with E-state index in [1.165, 1.54) is 17.5 Å². The van der Waals surface area contributed by atoms with Crippen LogP contribution >= 0.6 is 0 Å². The maximum Gasteiger partial charge on any atom is 0.159 e. The molecule has 3 aromatic rings. The molecule has 92 valence electrons. The number of H-pyrrole nitrogens is 2. The molecule has 0 bridgehead atoms. The summed E-state index contributed by atoms with van der Waals surface area (Å²) in [4.78, 5) is 8.60. The lowest BCUT2D eigenvalue weighted by molar-refractivity contribution is 0.0796. The fourth-order valence-electron chi connectivity index (χ4n) is 2.82. The standard InChI is InChI=1S/C13H14N4O/c1-2-8(7-18-5-1)12-11-9-3-4-14-13(9)15-6-10(11)16-17-12/h3-4,6,8,16-17H,1-2,5,7H2. The van der Waals surface area contributed by atoms with Gasteiger partial charge in [-0.15, -0.1) is 0 Å². The van der Waals surface area contributed by atoms with E-state index in [1.807, 2.05) is 18.5 Å². The van der Waals surface area contributed by atoms with E-state index in [-0.39, 0.29) is 0 Å². The summed E-state index contributed by atoms with van der Waals surface area (Å²) in [6.45, 7) is 1.68. The van der Waals surface area contributed by atoms with E-state index in [0.29, 0.717) is 5.92 Å². The molecule has 3 aromatic heterocycles. The smallest absolute Gasteiger partial charge is 0.159 e. The molecule has 0 aliphatic carbocycles. The molecule has 1 aliphatic heterocycles. The van der Waals surface area contributed by atoms with Crippen molar-refractivity contribution in [2.75, 3.05) is 13.2 Å². The van der Waals surface area contributed by atoms with Crippen LogP contribution in [0.25, 0.3) is 21.9 Å². The highest BCUT2D eigenvalue weighted by Gasteiger charge is 2.21. The summed E-state index contributed by atoms with van der Waals surface area (Å²) >= 11 is 0. The van der Waals surface area contributed by atoms with Crippen molar-refractivity contribution in [2.45, 2.75) is 18.8 Å². The molecule has 18 heavy (non-hydrogen) atoms. The first-order chi connectivity index (χ1) is 8.93. The van der Waals surface area contributed by atoms with Gasteiger partial charge in [0, 0.05) is 35.2 Å². The molecule has 1 atom stereocenters. The molecule has 0 radical (unpaired) electrons. The number of hydrogen-bond acceptors (Lipinski definition) is 3. The minimum Gasteiger partial charge on any atom is -0.381 e. The van der Waals surface area contributed by atoms with Crippen LogP contribution in [0, 0.1) is 0 Å². The SMILES string of the molecule is c1cc2c(n1)ncc1[nH][nH]c(C3CCCOC3)c12. The van der Waals surface area contributed by atoms with Crippen molar-refractivity contribution < 1.29 is 4.74 Å². The van der Waals surface area contributed by atoms with Crippen LogP contribution in [-0.2, 0) is 4.74 Å². The third-order valence-corrected chi connectivity index (χ3v) is 3.70. The van der Waals surface area contributed by atoms with Crippen LogP contribution in [0.1, 0.15) is 24.5 Å². The minimum atomic E-state index is 0.438. The van der Waals surface area contributed by atoms with E-state index >= 15 is 0 Å². The molecule has 4 rings (SSSR count). The molecule has 5 heteroatoms. The van der Waals surface area contributed by atoms with Crippen LogP contribution in [-0.4, -0.2) is 33.4 Å². The van der Waals surface area contributed by atoms with E-state index in [2.05, 4.69) is 20.2 Å². The summed E-state index contributed by atoms with van der Waals surface area (Å²) in [5.74, 6) is 0.438. The third-order valence-electron chi connectivity index (χ3n) is 3.70. The first-order valence-corrected chi connectivity index (χ1v) is 6.31. The van der Waals surface area contributed by atoms with Gasteiger partial charge in [0.15, 0.2) is 5.65 Å². The van der Waals surface area contributed by atoms with Gasteiger partial charge < -0.3 is 9.84 Å². The van der Waals surface area contributed by atoms with Gasteiger partial charge in [-0.3, -0.25) is 5.10 Å². The van der Waals surface area contributed by atoms with Gasteiger partial charge in [0.2, 0.25) is 0 Å². The largest absolute Gasteiger partial charge is 0.381 e. The van der Waals surface area contributed by atoms with Crippen molar-refractivity contribution in [1.82, 2.24) is 20.2 Å². The molecular weight excluding hydrogens is 228 g/mol.